The molecule has 0 saturated heterocycles. The van der Waals surface area contributed by atoms with E-state index in [2.05, 4.69) is 6.92 Å². The third-order valence-electron chi connectivity index (χ3n) is 4.71. The Morgan fingerprint density at radius 2 is 2.25 bits per heavy atom. The number of hydrogen-bond donors (Lipinski definition) is 2. The summed E-state index contributed by atoms with van der Waals surface area (Å²) in [6, 6.07) is 0. The summed E-state index contributed by atoms with van der Waals surface area (Å²) in [5, 5.41) is 20.1. The van der Waals surface area contributed by atoms with Crippen LogP contribution < -0.4 is 0 Å². The van der Waals surface area contributed by atoms with Crippen molar-refractivity contribution in [3.8, 4) is 0 Å². The third kappa shape index (κ3) is 3.58. The second kappa shape index (κ2) is 7.19. The third-order valence-corrected chi connectivity index (χ3v) is 4.71. The first-order valence-electron chi connectivity index (χ1n) is 7.86. The highest BCUT2D eigenvalue weighted by Gasteiger charge is 2.43. The molecule has 0 radical (unpaired) electrons. The normalized spacial score (nSPS) is 34.2. The van der Waals surface area contributed by atoms with Gasteiger partial charge in [-0.05, 0) is 36.7 Å². The molecular formula is C17H26O3. The van der Waals surface area contributed by atoms with Gasteiger partial charge < -0.3 is 10.2 Å². The van der Waals surface area contributed by atoms with Crippen LogP contribution in [0, 0.1) is 17.8 Å². The van der Waals surface area contributed by atoms with Gasteiger partial charge in [0.15, 0.2) is 0 Å². The van der Waals surface area contributed by atoms with Crippen molar-refractivity contribution in [1.82, 2.24) is 0 Å². The molecule has 2 aliphatic carbocycles. The van der Waals surface area contributed by atoms with Crippen molar-refractivity contribution in [2.75, 3.05) is 0 Å². The molecule has 0 aromatic heterocycles. The minimum Gasteiger partial charge on any atom is -0.392 e. The molecule has 0 amide bonds. The van der Waals surface area contributed by atoms with Crippen LogP contribution in [0.15, 0.2) is 23.8 Å². The first-order valence-corrected chi connectivity index (χ1v) is 7.86. The molecule has 2 N–H and O–H groups in total. The number of hydrogen-bond acceptors (Lipinski definition) is 3. The fourth-order valence-electron chi connectivity index (χ4n) is 3.59. The van der Waals surface area contributed by atoms with Gasteiger partial charge in [0, 0.05) is 5.92 Å². The van der Waals surface area contributed by atoms with Crippen molar-refractivity contribution in [1.29, 1.82) is 0 Å². The first kappa shape index (κ1) is 15.5. The van der Waals surface area contributed by atoms with E-state index in [0.717, 1.165) is 50.4 Å². The van der Waals surface area contributed by atoms with Gasteiger partial charge >= 0.3 is 0 Å². The summed E-state index contributed by atoms with van der Waals surface area (Å²) in [5.74, 6) is 0.746. The van der Waals surface area contributed by atoms with Gasteiger partial charge in [-0.2, -0.15) is 0 Å². The van der Waals surface area contributed by atoms with E-state index in [1.807, 2.05) is 18.2 Å². The van der Waals surface area contributed by atoms with E-state index in [-0.39, 0.29) is 12.0 Å². The van der Waals surface area contributed by atoms with E-state index in [0.29, 0.717) is 11.8 Å². The Hall–Kier alpha value is -0.930. The fourth-order valence-corrected chi connectivity index (χ4v) is 3.59. The number of allylic oxidation sites excluding steroid dienone is 2. The number of aldehydes is 1. The molecule has 1 saturated carbocycles. The lowest BCUT2D eigenvalue weighted by atomic mass is 9.89. The summed E-state index contributed by atoms with van der Waals surface area (Å²) < 4.78 is 0. The minimum atomic E-state index is -0.410. The summed E-state index contributed by atoms with van der Waals surface area (Å²) in [6.45, 7) is 2.15. The molecule has 20 heavy (non-hydrogen) atoms. The average molecular weight is 278 g/mol. The molecule has 0 aromatic carbocycles. The van der Waals surface area contributed by atoms with E-state index in [1.54, 1.807) is 0 Å². The van der Waals surface area contributed by atoms with Gasteiger partial charge in [-0.1, -0.05) is 44.4 Å². The smallest absolute Gasteiger partial charge is 0.145 e. The summed E-state index contributed by atoms with van der Waals surface area (Å²) >= 11 is 0. The Bertz CT molecular complexity index is 386. The average Bonchev–Trinajstić information content (AvgIpc) is 2.93. The number of fused-ring (bicyclic) bond motifs is 1. The predicted octanol–water partition coefficient (Wildman–Crippen LogP) is 2.63. The highest BCUT2D eigenvalue weighted by molar-refractivity contribution is 5.74. The lowest BCUT2D eigenvalue weighted by Crippen LogP contribution is -2.18. The van der Waals surface area contributed by atoms with Crippen LogP contribution in [0.1, 0.15) is 45.4 Å². The molecule has 0 heterocycles. The SMILES string of the molecule is CCCCC[C@H](O)/C=C\[C@H]1[C@H]2CC(C=O)=C[C@H]2C[C@H]1O. The van der Waals surface area contributed by atoms with Crippen LogP contribution in [-0.2, 0) is 4.79 Å². The molecule has 0 unspecified atom stereocenters. The Kier molecular flexibility index (Phi) is 5.55. The highest BCUT2D eigenvalue weighted by Crippen LogP contribution is 2.46. The molecule has 0 aromatic rings. The molecule has 0 spiro atoms. The zero-order chi connectivity index (χ0) is 14.5. The van der Waals surface area contributed by atoms with Crippen molar-refractivity contribution in [3.63, 3.8) is 0 Å². The molecular weight excluding hydrogens is 252 g/mol. The molecule has 0 bridgehead atoms. The van der Waals surface area contributed by atoms with Crippen molar-refractivity contribution >= 4 is 6.29 Å². The molecule has 2 rings (SSSR count). The molecule has 112 valence electrons. The van der Waals surface area contributed by atoms with E-state index < -0.39 is 6.10 Å². The summed E-state index contributed by atoms with van der Waals surface area (Å²) in [7, 11) is 0. The Balaban J connectivity index is 1.87. The maximum Gasteiger partial charge on any atom is 0.145 e. The van der Waals surface area contributed by atoms with Crippen LogP contribution >= 0.6 is 0 Å². The topological polar surface area (TPSA) is 57.5 Å². The predicted molar refractivity (Wildman–Crippen MR) is 79.1 cm³/mol. The van der Waals surface area contributed by atoms with Gasteiger partial charge in [0.2, 0.25) is 0 Å². The minimum absolute atomic E-state index is 0.0783. The standard InChI is InChI=1S/C17H26O3/c1-2-3-4-5-14(19)6-7-15-16-9-12(11-18)8-13(16)10-17(15)20/h6-8,11,13-17,19-20H,2-5,9-10H2,1H3/b7-6-/t13-,14-,15-,16-,17+/m0/s1. The zero-order valence-corrected chi connectivity index (χ0v) is 12.2. The molecule has 5 atom stereocenters. The largest absolute Gasteiger partial charge is 0.392 e. The number of aliphatic hydroxyl groups excluding tert-OH is 2. The number of carbonyl (C=O) groups excluding carboxylic acids is 1. The van der Waals surface area contributed by atoms with E-state index in [9.17, 15) is 15.0 Å². The van der Waals surface area contributed by atoms with Gasteiger partial charge in [0.25, 0.3) is 0 Å². The van der Waals surface area contributed by atoms with Crippen LogP contribution in [0.5, 0.6) is 0 Å². The first-order chi connectivity index (χ1) is 9.65. The van der Waals surface area contributed by atoms with Crippen LogP contribution in [0.4, 0.5) is 0 Å². The summed E-state index contributed by atoms with van der Waals surface area (Å²) in [5.41, 5.74) is 0.869. The fraction of sp³-hybridized carbons (Fsp3) is 0.706. The maximum atomic E-state index is 10.9. The van der Waals surface area contributed by atoms with E-state index in [4.69, 9.17) is 0 Å². The Morgan fingerprint density at radius 3 is 2.95 bits per heavy atom. The van der Waals surface area contributed by atoms with Crippen molar-refractivity contribution in [2.45, 2.75) is 57.7 Å². The van der Waals surface area contributed by atoms with Crippen LogP contribution in [0.25, 0.3) is 0 Å². The maximum absolute atomic E-state index is 10.9. The van der Waals surface area contributed by atoms with Crippen LogP contribution in [0.2, 0.25) is 0 Å². The van der Waals surface area contributed by atoms with Gasteiger partial charge in [-0.3, -0.25) is 4.79 Å². The Labute approximate surface area is 121 Å². The number of carbonyl (C=O) groups is 1. The van der Waals surface area contributed by atoms with Crippen molar-refractivity contribution in [3.05, 3.63) is 23.8 Å². The van der Waals surface area contributed by atoms with Gasteiger partial charge in [-0.15, -0.1) is 0 Å². The molecule has 0 aliphatic heterocycles. The summed E-state index contributed by atoms with van der Waals surface area (Å²) in [4.78, 5) is 10.9. The quantitative estimate of drug-likeness (QED) is 0.427. The zero-order valence-electron chi connectivity index (χ0n) is 12.2. The van der Waals surface area contributed by atoms with E-state index >= 15 is 0 Å². The van der Waals surface area contributed by atoms with Gasteiger partial charge in [0.05, 0.1) is 12.2 Å². The lowest BCUT2D eigenvalue weighted by Gasteiger charge is -2.18. The number of rotatable bonds is 7. The van der Waals surface area contributed by atoms with Gasteiger partial charge in [0.1, 0.15) is 6.29 Å². The second-order valence-corrected chi connectivity index (χ2v) is 6.22. The molecule has 2 aliphatic rings. The summed E-state index contributed by atoms with van der Waals surface area (Å²) in [6.07, 6.45) is 11.7. The van der Waals surface area contributed by atoms with Crippen molar-refractivity contribution < 1.29 is 15.0 Å². The lowest BCUT2D eigenvalue weighted by molar-refractivity contribution is -0.105. The molecule has 3 nitrogen and oxygen atoms in total. The second-order valence-electron chi connectivity index (χ2n) is 6.22. The number of unbranched alkanes of at least 4 members (excludes halogenated alkanes) is 2. The molecule has 3 heteroatoms. The Morgan fingerprint density at radius 1 is 1.45 bits per heavy atom. The number of aliphatic hydroxyl groups is 2. The van der Waals surface area contributed by atoms with Crippen LogP contribution in [-0.4, -0.2) is 28.7 Å². The van der Waals surface area contributed by atoms with Crippen LogP contribution in [0.3, 0.4) is 0 Å². The monoisotopic (exact) mass is 278 g/mol. The van der Waals surface area contributed by atoms with Crippen molar-refractivity contribution in [2.24, 2.45) is 17.8 Å². The highest BCUT2D eigenvalue weighted by atomic mass is 16.3. The van der Waals surface area contributed by atoms with E-state index in [1.165, 1.54) is 0 Å². The molecule has 1 fully saturated rings. The van der Waals surface area contributed by atoms with Gasteiger partial charge in [-0.25, -0.2) is 0 Å².